The molecule has 0 aliphatic heterocycles. The highest BCUT2D eigenvalue weighted by Gasteiger charge is 2.21. The van der Waals surface area contributed by atoms with Crippen molar-refractivity contribution in [3.8, 4) is 5.75 Å². The third-order valence-corrected chi connectivity index (χ3v) is 3.27. The second-order valence-corrected chi connectivity index (χ2v) is 4.50. The van der Waals surface area contributed by atoms with Gasteiger partial charge in [0.1, 0.15) is 5.75 Å². The minimum Gasteiger partial charge on any atom is -0.508 e. The predicted octanol–water partition coefficient (Wildman–Crippen LogP) is 3.67. The predicted molar refractivity (Wildman–Crippen MR) is 58.8 cm³/mol. The summed E-state index contributed by atoms with van der Waals surface area (Å²) in [5, 5.41) is 9.93. The van der Waals surface area contributed by atoms with E-state index in [-0.39, 0.29) is 0 Å². The molecular formula is C13H18O. The van der Waals surface area contributed by atoms with Crippen LogP contribution in [0.2, 0.25) is 0 Å². The van der Waals surface area contributed by atoms with Gasteiger partial charge in [0.05, 0.1) is 0 Å². The molecule has 0 radical (unpaired) electrons. The van der Waals surface area contributed by atoms with Gasteiger partial charge in [0, 0.05) is 0 Å². The third-order valence-electron chi connectivity index (χ3n) is 3.27. The Morgan fingerprint density at radius 3 is 2.36 bits per heavy atom. The van der Waals surface area contributed by atoms with E-state index in [1.165, 1.54) is 36.8 Å². The van der Waals surface area contributed by atoms with Gasteiger partial charge < -0.3 is 5.11 Å². The fraction of sp³-hybridized carbons (Fsp3) is 0.538. The van der Waals surface area contributed by atoms with Crippen molar-refractivity contribution in [1.29, 1.82) is 0 Å². The van der Waals surface area contributed by atoms with E-state index in [4.69, 9.17) is 0 Å². The first-order valence-electron chi connectivity index (χ1n) is 5.48. The molecule has 0 spiro atoms. The molecule has 1 heteroatoms. The van der Waals surface area contributed by atoms with Crippen LogP contribution >= 0.6 is 0 Å². The zero-order chi connectivity index (χ0) is 10.1. The summed E-state index contributed by atoms with van der Waals surface area (Å²) in [6, 6.07) is 4.06. The van der Waals surface area contributed by atoms with Gasteiger partial charge in [-0.15, -0.1) is 0 Å². The summed E-state index contributed by atoms with van der Waals surface area (Å²) in [6.45, 7) is 4.14. The number of rotatable bonds is 1. The summed E-state index contributed by atoms with van der Waals surface area (Å²) in [5.41, 5.74) is 3.62. The molecule has 1 aromatic rings. The van der Waals surface area contributed by atoms with Crippen molar-refractivity contribution in [2.75, 3.05) is 0 Å². The van der Waals surface area contributed by atoms with Crippen molar-refractivity contribution in [2.24, 2.45) is 0 Å². The third kappa shape index (κ3) is 1.63. The fourth-order valence-corrected chi connectivity index (χ4v) is 2.70. The molecule has 0 atom stereocenters. The van der Waals surface area contributed by atoms with Gasteiger partial charge >= 0.3 is 0 Å². The Morgan fingerprint density at radius 1 is 1.14 bits per heavy atom. The van der Waals surface area contributed by atoms with Crippen LogP contribution in [0.1, 0.15) is 48.3 Å². The second kappa shape index (κ2) is 3.64. The number of aromatic hydroxyl groups is 1. The fourth-order valence-electron chi connectivity index (χ4n) is 2.70. The Balaban J connectivity index is 2.40. The first-order valence-corrected chi connectivity index (χ1v) is 5.48. The first-order chi connectivity index (χ1) is 6.68. The summed E-state index contributed by atoms with van der Waals surface area (Å²) in [7, 11) is 0. The van der Waals surface area contributed by atoms with Crippen molar-refractivity contribution >= 4 is 0 Å². The highest BCUT2D eigenvalue weighted by atomic mass is 16.3. The Hall–Kier alpha value is -0.980. The molecule has 2 rings (SSSR count). The monoisotopic (exact) mass is 190 g/mol. The maximum atomic E-state index is 9.93. The molecular weight excluding hydrogens is 172 g/mol. The van der Waals surface area contributed by atoms with Crippen LogP contribution < -0.4 is 0 Å². The van der Waals surface area contributed by atoms with Crippen LogP contribution in [-0.4, -0.2) is 5.11 Å². The average Bonchev–Trinajstić information content (AvgIpc) is 2.54. The lowest BCUT2D eigenvalue weighted by molar-refractivity contribution is 0.459. The van der Waals surface area contributed by atoms with Crippen LogP contribution in [-0.2, 0) is 0 Å². The normalized spacial score (nSPS) is 17.6. The van der Waals surface area contributed by atoms with Gasteiger partial charge in [-0.3, -0.25) is 0 Å². The smallest absolute Gasteiger partial charge is 0.119 e. The van der Waals surface area contributed by atoms with Crippen molar-refractivity contribution < 1.29 is 5.11 Å². The first kappa shape index (κ1) is 9.57. The zero-order valence-corrected chi connectivity index (χ0v) is 9.01. The maximum Gasteiger partial charge on any atom is 0.119 e. The lowest BCUT2D eigenvalue weighted by atomic mass is 9.91. The highest BCUT2D eigenvalue weighted by molar-refractivity contribution is 5.44. The average molecular weight is 190 g/mol. The highest BCUT2D eigenvalue weighted by Crippen LogP contribution is 2.40. The van der Waals surface area contributed by atoms with Crippen LogP contribution in [0.3, 0.4) is 0 Å². The van der Waals surface area contributed by atoms with Crippen LogP contribution in [0.25, 0.3) is 0 Å². The topological polar surface area (TPSA) is 20.2 Å². The lowest BCUT2D eigenvalue weighted by Gasteiger charge is -2.15. The summed E-state index contributed by atoms with van der Waals surface area (Å²) in [6.07, 6.45) is 5.13. The van der Waals surface area contributed by atoms with Crippen molar-refractivity contribution in [1.82, 2.24) is 0 Å². The molecule has 0 aromatic heterocycles. The second-order valence-electron chi connectivity index (χ2n) is 4.50. The lowest BCUT2D eigenvalue weighted by Crippen LogP contribution is -1.97. The van der Waals surface area contributed by atoms with Crippen LogP contribution in [0.15, 0.2) is 12.1 Å². The molecule has 1 saturated carbocycles. The summed E-state index contributed by atoms with van der Waals surface area (Å²) < 4.78 is 0. The number of aryl methyl sites for hydroxylation is 2. The minimum atomic E-state index is 0.509. The van der Waals surface area contributed by atoms with E-state index in [0.29, 0.717) is 11.7 Å². The largest absolute Gasteiger partial charge is 0.508 e. The Labute approximate surface area is 85.8 Å². The number of phenols is 1. The molecule has 0 unspecified atom stereocenters. The summed E-state index contributed by atoms with van der Waals surface area (Å²) in [4.78, 5) is 0. The Kier molecular flexibility index (Phi) is 2.49. The quantitative estimate of drug-likeness (QED) is 0.716. The van der Waals surface area contributed by atoms with Gasteiger partial charge in [-0.1, -0.05) is 18.9 Å². The van der Waals surface area contributed by atoms with Gasteiger partial charge in [0.15, 0.2) is 0 Å². The van der Waals surface area contributed by atoms with E-state index < -0.39 is 0 Å². The van der Waals surface area contributed by atoms with Gasteiger partial charge in [-0.05, 0) is 55.4 Å². The van der Waals surface area contributed by atoms with E-state index in [1.54, 1.807) is 0 Å². The Bertz CT molecular complexity index is 312. The molecule has 1 N–H and O–H groups in total. The molecule has 14 heavy (non-hydrogen) atoms. The number of hydrogen-bond acceptors (Lipinski definition) is 1. The van der Waals surface area contributed by atoms with Gasteiger partial charge in [0.2, 0.25) is 0 Å². The molecule has 76 valence electrons. The molecule has 1 aliphatic rings. The standard InChI is InChI=1S/C13H18O/c1-9-7-10(2)13(12(14)8-9)11-5-3-4-6-11/h7-8,11,14H,3-6H2,1-2H3. The molecule has 0 amide bonds. The molecule has 1 fully saturated rings. The number of phenolic OH excluding ortho intramolecular Hbond substituents is 1. The molecule has 0 saturated heterocycles. The summed E-state index contributed by atoms with van der Waals surface area (Å²) in [5.74, 6) is 1.12. The van der Waals surface area contributed by atoms with E-state index in [2.05, 4.69) is 13.0 Å². The zero-order valence-electron chi connectivity index (χ0n) is 9.01. The SMILES string of the molecule is Cc1cc(C)c(C2CCCC2)c(O)c1. The van der Waals surface area contributed by atoms with E-state index in [1.807, 2.05) is 13.0 Å². The molecule has 1 aromatic carbocycles. The minimum absolute atomic E-state index is 0.509. The maximum absolute atomic E-state index is 9.93. The molecule has 1 nitrogen and oxygen atoms in total. The molecule has 1 aliphatic carbocycles. The van der Waals surface area contributed by atoms with Gasteiger partial charge in [-0.2, -0.15) is 0 Å². The number of hydrogen-bond donors (Lipinski definition) is 1. The van der Waals surface area contributed by atoms with Crippen LogP contribution in [0, 0.1) is 13.8 Å². The molecule has 0 bridgehead atoms. The van der Waals surface area contributed by atoms with Crippen LogP contribution in [0.5, 0.6) is 5.75 Å². The Morgan fingerprint density at radius 2 is 1.79 bits per heavy atom. The van der Waals surface area contributed by atoms with Crippen LogP contribution in [0.4, 0.5) is 0 Å². The van der Waals surface area contributed by atoms with Gasteiger partial charge in [-0.25, -0.2) is 0 Å². The number of benzene rings is 1. The van der Waals surface area contributed by atoms with E-state index in [0.717, 1.165) is 5.56 Å². The van der Waals surface area contributed by atoms with Gasteiger partial charge in [0.25, 0.3) is 0 Å². The summed E-state index contributed by atoms with van der Waals surface area (Å²) >= 11 is 0. The van der Waals surface area contributed by atoms with E-state index in [9.17, 15) is 5.11 Å². The van der Waals surface area contributed by atoms with Crippen molar-refractivity contribution in [2.45, 2.75) is 45.4 Å². The van der Waals surface area contributed by atoms with Crippen molar-refractivity contribution in [3.63, 3.8) is 0 Å². The molecule has 0 heterocycles. The van der Waals surface area contributed by atoms with E-state index >= 15 is 0 Å². The van der Waals surface area contributed by atoms with Crippen molar-refractivity contribution in [3.05, 3.63) is 28.8 Å².